The van der Waals surface area contributed by atoms with Crippen LogP contribution in [0.3, 0.4) is 0 Å². The van der Waals surface area contributed by atoms with E-state index in [1.54, 1.807) is 13.8 Å². The monoisotopic (exact) mass is 299 g/mol. The smallest absolute Gasteiger partial charge is 0.281 e. The number of anilines is 1. The maximum absolute atomic E-state index is 13.2. The van der Waals surface area contributed by atoms with E-state index < -0.39 is 22.4 Å². The SMILES string of the molecule is Cc1ccc(F)cc1NS(=O)(=O)c1n[nH]c(C)c1CO. The molecule has 0 bridgehead atoms. The number of H-pyrrole nitrogens is 1. The van der Waals surface area contributed by atoms with E-state index in [0.717, 1.165) is 6.07 Å². The number of nitrogens with one attached hydrogen (secondary N) is 2. The highest BCUT2D eigenvalue weighted by molar-refractivity contribution is 7.92. The van der Waals surface area contributed by atoms with Crippen LogP contribution in [0.2, 0.25) is 0 Å². The third kappa shape index (κ3) is 2.66. The lowest BCUT2D eigenvalue weighted by Gasteiger charge is -2.10. The van der Waals surface area contributed by atoms with E-state index in [0.29, 0.717) is 11.3 Å². The molecule has 108 valence electrons. The zero-order chi connectivity index (χ0) is 14.9. The molecule has 0 saturated heterocycles. The molecule has 3 N–H and O–H groups in total. The molecule has 2 rings (SSSR count). The Balaban J connectivity index is 2.43. The van der Waals surface area contributed by atoms with Gasteiger partial charge in [0.05, 0.1) is 12.3 Å². The summed E-state index contributed by atoms with van der Waals surface area (Å²) in [4.78, 5) is 0. The molecule has 0 aliphatic rings. The van der Waals surface area contributed by atoms with E-state index >= 15 is 0 Å². The number of hydrogen-bond acceptors (Lipinski definition) is 4. The van der Waals surface area contributed by atoms with Crippen molar-refractivity contribution in [2.45, 2.75) is 25.5 Å². The largest absolute Gasteiger partial charge is 0.392 e. The number of aliphatic hydroxyl groups is 1. The topological polar surface area (TPSA) is 95.1 Å². The molecule has 0 aliphatic carbocycles. The molecule has 0 aliphatic heterocycles. The van der Waals surface area contributed by atoms with E-state index in [-0.39, 0.29) is 16.3 Å². The van der Waals surface area contributed by atoms with E-state index in [4.69, 9.17) is 0 Å². The van der Waals surface area contributed by atoms with Crippen molar-refractivity contribution in [2.75, 3.05) is 4.72 Å². The van der Waals surface area contributed by atoms with Gasteiger partial charge in [-0.05, 0) is 31.5 Å². The number of rotatable bonds is 4. The maximum Gasteiger partial charge on any atom is 0.281 e. The molecule has 0 unspecified atom stereocenters. The second-order valence-electron chi connectivity index (χ2n) is 4.36. The summed E-state index contributed by atoms with van der Waals surface area (Å²) in [7, 11) is -3.99. The number of nitrogens with zero attached hydrogens (tertiary/aromatic N) is 1. The predicted molar refractivity (Wildman–Crippen MR) is 71.2 cm³/mol. The lowest BCUT2D eigenvalue weighted by atomic mass is 10.2. The molecule has 1 aromatic heterocycles. The molecule has 8 heteroatoms. The Bertz CT molecular complexity index is 740. The summed E-state index contributed by atoms with van der Waals surface area (Å²) in [6.07, 6.45) is 0. The molecular weight excluding hydrogens is 285 g/mol. The number of hydrogen-bond donors (Lipinski definition) is 3. The van der Waals surface area contributed by atoms with Crippen LogP contribution in [-0.2, 0) is 16.6 Å². The van der Waals surface area contributed by atoms with Gasteiger partial charge in [0.2, 0.25) is 5.03 Å². The van der Waals surface area contributed by atoms with Crippen molar-refractivity contribution < 1.29 is 17.9 Å². The standard InChI is InChI=1S/C12H14FN3O3S/c1-7-3-4-9(13)5-11(7)16-20(18,19)12-10(6-17)8(2)14-15-12/h3-5,16-17H,6H2,1-2H3,(H,14,15). The highest BCUT2D eigenvalue weighted by Gasteiger charge is 2.24. The first-order chi connectivity index (χ1) is 9.35. The van der Waals surface area contributed by atoms with Crippen LogP contribution >= 0.6 is 0 Å². The Morgan fingerprint density at radius 2 is 2.10 bits per heavy atom. The lowest BCUT2D eigenvalue weighted by molar-refractivity contribution is 0.277. The van der Waals surface area contributed by atoms with Crippen molar-refractivity contribution in [1.29, 1.82) is 0 Å². The number of sulfonamides is 1. The van der Waals surface area contributed by atoms with Gasteiger partial charge in [0.1, 0.15) is 5.82 Å². The minimum absolute atomic E-state index is 0.134. The minimum Gasteiger partial charge on any atom is -0.392 e. The Morgan fingerprint density at radius 3 is 2.75 bits per heavy atom. The molecule has 0 fully saturated rings. The summed E-state index contributed by atoms with van der Waals surface area (Å²) < 4.78 is 39.9. The Hall–Kier alpha value is -1.93. The van der Waals surface area contributed by atoms with Gasteiger partial charge in [-0.3, -0.25) is 9.82 Å². The lowest BCUT2D eigenvalue weighted by Crippen LogP contribution is -2.16. The van der Waals surface area contributed by atoms with Crippen LogP contribution in [0.25, 0.3) is 0 Å². The molecule has 0 amide bonds. The number of aromatic nitrogens is 2. The van der Waals surface area contributed by atoms with E-state index in [9.17, 15) is 17.9 Å². The summed E-state index contributed by atoms with van der Waals surface area (Å²) >= 11 is 0. The number of benzene rings is 1. The van der Waals surface area contributed by atoms with Gasteiger partial charge in [0.15, 0.2) is 0 Å². The first kappa shape index (κ1) is 14.5. The first-order valence-corrected chi connectivity index (χ1v) is 7.27. The molecule has 6 nitrogen and oxygen atoms in total. The number of aromatic amines is 1. The van der Waals surface area contributed by atoms with Crippen LogP contribution in [0.4, 0.5) is 10.1 Å². The second kappa shape index (κ2) is 5.22. The fourth-order valence-corrected chi connectivity index (χ4v) is 3.05. The van der Waals surface area contributed by atoms with Crippen LogP contribution in [0, 0.1) is 19.7 Å². The van der Waals surface area contributed by atoms with Crippen molar-refractivity contribution >= 4 is 15.7 Å². The summed E-state index contributed by atoms with van der Waals surface area (Å²) in [5.41, 5.74) is 1.36. The van der Waals surface area contributed by atoms with E-state index in [1.165, 1.54) is 12.1 Å². The summed E-state index contributed by atoms with van der Waals surface area (Å²) in [5, 5.41) is 15.1. The third-order valence-corrected chi connectivity index (χ3v) is 4.23. The minimum atomic E-state index is -3.99. The molecule has 2 aromatic rings. The highest BCUT2D eigenvalue weighted by Crippen LogP contribution is 2.22. The average Bonchev–Trinajstić information content (AvgIpc) is 2.75. The van der Waals surface area contributed by atoms with Crippen molar-refractivity contribution in [2.24, 2.45) is 0 Å². The van der Waals surface area contributed by atoms with Gasteiger partial charge in [-0.15, -0.1) is 0 Å². The van der Waals surface area contributed by atoms with Crippen molar-refractivity contribution in [3.8, 4) is 0 Å². The zero-order valence-electron chi connectivity index (χ0n) is 10.9. The van der Waals surface area contributed by atoms with Crippen molar-refractivity contribution in [3.63, 3.8) is 0 Å². The summed E-state index contributed by atoms with van der Waals surface area (Å²) in [6.45, 7) is 2.80. The molecular formula is C12H14FN3O3S. The second-order valence-corrected chi connectivity index (χ2v) is 5.95. The van der Waals surface area contributed by atoms with Crippen LogP contribution in [0.1, 0.15) is 16.8 Å². The van der Waals surface area contributed by atoms with Gasteiger partial charge >= 0.3 is 0 Å². The quantitative estimate of drug-likeness (QED) is 0.796. The third-order valence-electron chi connectivity index (χ3n) is 2.89. The Labute approximate surface area is 115 Å². The number of aryl methyl sites for hydroxylation is 2. The normalized spacial score (nSPS) is 11.6. The predicted octanol–water partition coefficient (Wildman–Crippen LogP) is 1.46. The zero-order valence-corrected chi connectivity index (χ0v) is 11.8. The molecule has 0 atom stereocenters. The van der Waals surface area contributed by atoms with Gasteiger partial charge in [-0.1, -0.05) is 6.07 Å². The molecule has 20 heavy (non-hydrogen) atoms. The van der Waals surface area contributed by atoms with Crippen molar-refractivity contribution in [3.05, 3.63) is 40.8 Å². The van der Waals surface area contributed by atoms with Crippen LogP contribution in [-0.4, -0.2) is 23.7 Å². The summed E-state index contributed by atoms with van der Waals surface area (Å²) in [6, 6.07) is 3.80. The van der Waals surface area contributed by atoms with Gasteiger partial charge in [0, 0.05) is 11.3 Å². The number of aliphatic hydroxyl groups excluding tert-OH is 1. The number of halogens is 1. The first-order valence-electron chi connectivity index (χ1n) is 5.79. The fraction of sp³-hybridized carbons (Fsp3) is 0.250. The highest BCUT2D eigenvalue weighted by atomic mass is 32.2. The molecule has 0 saturated carbocycles. The van der Waals surface area contributed by atoms with E-state index in [2.05, 4.69) is 14.9 Å². The maximum atomic E-state index is 13.2. The molecule has 0 radical (unpaired) electrons. The van der Waals surface area contributed by atoms with Gasteiger partial charge in [-0.2, -0.15) is 13.5 Å². The van der Waals surface area contributed by atoms with Crippen LogP contribution in [0.15, 0.2) is 23.2 Å². The Morgan fingerprint density at radius 1 is 1.40 bits per heavy atom. The Kier molecular flexibility index (Phi) is 3.78. The van der Waals surface area contributed by atoms with Gasteiger partial charge < -0.3 is 5.11 Å². The summed E-state index contributed by atoms with van der Waals surface area (Å²) in [5.74, 6) is -0.547. The molecule has 1 heterocycles. The van der Waals surface area contributed by atoms with Gasteiger partial charge in [-0.25, -0.2) is 4.39 Å². The molecule has 1 aromatic carbocycles. The van der Waals surface area contributed by atoms with Gasteiger partial charge in [0.25, 0.3) is 10.0 Å². The fourth-order valence-electron chi connectivity index (χ4n) is 1.74. The molecule has 0 spiro atoms. The van der Waals surface area contributed by atoms with Crippen LogP contribution in [0.5, 0.6) is 0 Å². The van der Waals surface area contributed by atoms with Crippen LogP contribution < -0.4 is 4.72 Å². The average molecular weight is 299 g/mol. The van der Waals surface area contributed by atoms with Crippen molar-refractivity contribution in [1.82, 2.24) is 10.2 Å². The van der Waals surface area contributed by atoms with E-state index in [1.807, 2.05) is 0 Å².